The Morgan fingerprint density at radius 3 is 2.88 bits per heavy atom. The second-order valence-electron chi connectivity index (χ2n) is 7.74. The van der Waals surface area contributed by atoms with Gasteiger partial charge in [-0.1, -0.05) is 6.07 Å². The number of amides is 1. The molecule has 0 unspecified atom stereocenters. The van der Waals surface area contributed by atoms with E-state index < -0.39 is 0 Å². The molecule has 0 N–H and O–H groups in total. The number of fused-ring (bicyclic) bond motifs is 2. The molecule has 1 aliphatic heterocycles. The molecule has 0 saturated carbocycles. The van der Waals surface area contributed by atoms with Gasteiger partial charge in [0.1, 0.15) is 0 Å². The number of hydrogen-bond donors (Lipinski definition) is 0. The predicted octanol–water partition coefficient (Wildman–Crippen LogP) is 3.38. The van der Waals surface area contributed by atoms with Gasteiger partial charge in [-0.05, 0) is 67.0 Å². The average Bonchev–Trinajstić information content (AvgIpc) is 3.23. The molecule has 132 valence electrons. The molecule has 3 aromatic rings. The van der Waals surface area contributed by atoms with Crippen molar-refractivity contribution in [1.29, 1.82) is 0 Å². The van der Waals surface area contributed by atoms with Gasteiger partial charge in [0.15, 0.2) is 0 Å². The summed E-state index contributed by atoms with van der Waals surface area (Å²) in [6, 6.07) is 10.5. The molecule has 2 aliphatic rings. The molecule has 5 rings (SSSR count). The van der Waals surface area contributed by atoms with Crippen LogP contribution in [-0.4, -0.2) is 33.4 Å². The third-order valence-electron chi connectivity index (χ3n) is 5.93. The number of pyridine rings is 1. The van der Waals surface area contributed by atoms with E-state index in [0.29, 0.717) is 5.92 Å². The smallest absolute Gasteiger partial charge is 0.253 e. The summed E-state index contributed by atoms with van der Waals surface area (Å²) >= 11 is 0. The number of hydrogen-bond acceptors (Lipinski definition) is 2. The Morgan fingerprint density at radius 1 is 1.15 bits per heavy atom. The molecule has 1 aliphatic carbocycles. The van der Waals surface area contributed by atoms with Crippen molar-refractivity contribution in [3.8, 4) is 0 Å². The maximum atomic E-state index is 12.8. The highest BCUT2D eigenvalue weighted by atomic mass is 16.2. The van der Waals surface area contributed by atoms with Gasteiger partial charge in [-0.2, -0.15) is 0 Å². The van der Waals surface area contributed by atoms with Crippen molar-refractivity contribution in [3.63, 3.8) is 0 Å². The molecule has 0 atom stereocenters. The number of benzene rings is 1. The molecular formula is C22H23N3O. The normalized spacial score (nSPS) is 16.7. The zero-order valence-electron chi connectivity index (χ0n) is 15.1. The third-order valence-corrected chi connectivity index (χ3v) is 5.93. The Morgan fingerprint density at radius 2 is 2.00 bits per heavy atom. The average molecular weight is 345 g/mol. The van der Waals surface area contributed by atoms with Gasteiger partial charge in [0.25, 0.3) is 5.91 Å². The van der Waals surface area contributed by atoms with Crippen LogP contribution in [0.4, 0.5) is 0 Å². The van der Waals surface area contributed by atoms with Gasteiger partial charge in [-0.3, -0.25) is 9.78 Å². The first-order valence-electron chi connectivity index (χ1n) is 9.49. The lowest BCUT2D eigenvalue weighted by atomic mass is 9.92. The van der Waals surface area contributed by atoms with E-state index in [1.807, 2.05) is 17.2 Å². The number of aryl methyl sites for hydroxylation is 3. The van der Waals surface area contributed by atoms with Gasteiger partial charge in [0.05, 0.1) is 11.2 Å². The van der Waals surface area contributed by atoms with Crippen LogP contribution in [0.15, 0.2) is 42.7 Å². The number of aromatic nitrogens is 2. The van der Waals surface area contributed by atoms with E-state index in [0.717, 1.165) is 43.6 Å². The molecule has 1 amide bonds. The number of likely N-dealkylation sites (tertiary alicyclic amines) is 1. The Kier molecular flexibility index (Phi) is 3.59. The van der Waals surface area contributed by atoms with E-state index in [9.17, 15) is 4.79 Å². The fraction of sp³-hybridized carbons (Fsp3) is 0.364. The topological polar surface area (TPSA) is 38.1 Å². The molecule has 3 heterocycles. The lowest BCUT2D eigenvalue weighted by molar-refractivity contribution is 0.0500. The van der Waals surface area contributed by atoms with Crippen LogP contribution in [0.5, 0.6) is 0 Å². The highest BCUT2D eigenvalue weighted by Crippen LogP contribution is 2.27. The van der Waals surface area contributed by atoms with E-state index >= 15 is 0 Å². The van der Waals surface area contributed by atoms with Crippen LogP contribution >= 0.6 is 0 Å². The highest BCUT2D eigenvalue weighted by Gasteiger charge is 2.32. The number of carbonyl (C=O) groups is 1. The quantitative estimate of drug-likeness (QED) is 0.730. The standard InChI is InChI=1S/C22H23N3O/c1-24-10-8-17-7-9-23-20(21(17)24)11-15-13-25(14-15)22(26)19-6-5-16-3-2-4-18(16)12-19/h5-10,12,15H,2-4,11,13-14H2,1H3. The van der Waals surface area contributed by atoms with Crippen molar-refractivity contribution in [1.82, 2.24) is 14.5 Å². The van der Waals surface area contributed by atoms with Crippen molar-refractivity contribution >= 4 is 16.8 Å². The first-order valence-corrected chi connectivity index (χ1v) is 9.49. The van der Waals surface area contributed by atoms with Crippen LogP contribution in [0.3, 0.4) is 0 Å². The molecule has 1 saturated heterocycles. The van der Waals surface area contributed by atoms with Gasteiger partial charge in [-0.15, -0.1) is 0 Å². The van der Waals surface area contributed by atoms with Crippen LogP contribution < -0.4 is 0 Å². The summed E-state index contributed by atoms with van der Waals surface area (Å²) in [7, 11) is 2.07. The van der Waals surface area contributed by atoms with E-state index in [1.54, 1.807) is 0 Å². The van der Waals surface area contributed by atoms with Gasteiger partial charge in [0.2, 0.25) is 0 Å². The summed E-state index contributed by atoms with van der Waals surface area (Å²) in [5.74, 6) is 0.683. The largest absolute Gasteiger partial charge is 0.349 e. The maximum absolute atomic E-state index is 12.8. The fourth-order valence-corrected chi connectivity index (χ4v) is 4.50. The van der Waals surface area contributed by atoms with Crippen molar-refractivity contribution in [2.45, 2.75) is 25.7 Å². The number of carbonyl (C=O) groups excluding carboxylic acids is 1. The van der Waals surface area contributed by atoms with Gasteiger partial charge in [-0.25, -0.2) is 0 Å². The van der Waals surface area contributed by atoms with Crippen LogP contribution in [0, 0.1) is 5.92 Å². The van der Waals surface area contributed by atoms with Gasteiger partial charge in [0, 0.05) is 43.5 Å². The monoisotopic (exact) mass is 345 g/mol. The summed E-state index contributed by atoms with van der Waals surface area (Å²) in [5, 5.41) is 1.24. The lowest BCUT2D eigenvalue weighted by Gasteiger charge is -2.39. The van der Waals surface area contributed by atoms with Gasteiger partial charge >= 0.3 is 0 Å². The SMILES string of the molecule is Cn1ccc2ccnc(CC3CN(C(=O)c4ccc5c(c4)CCC5)C3)c21. The van der Waals surface area contributed by atoms with E-state index in [4.69, 9.17) is 0 Å². The molecule has 1 fully saturated rings. The maximum Gasteiger partial charge on any atom is 0.253 e. The number of rotatable bonds is 3. The summed E-state index contributed by atoms with van der Waals surface area (Å²) in [6.07, 6.45) is 8.41. The lowest BCUT2D eigenvalue weighted by Crippen LogP contribution is -2.50. The summed E-state index contributed by atoms with van der Waals surface area (Å²) in [6.45, 7) is 1.66. The van der Waals surface area contributed by atoms with Crippen LogP contribution in [0.2, 0.25) is 0 Å². The molecule has 26 heavy (non-hydrogen) atoms. The Balaban J connectivity index is 1.27. The zero-order chi connectivity index (χ0) is 17.7. The minimum atomic E-state index is 0.181. The van der Waals surface area contributed by atoms with Gasteiger partial charge < -0.3 is 9.47 Å². The zero-order valence-corrected chi connectivity index (χ0v) is 15.1. The van der Waals surface area contributed by atoms with Crippen molar-refractivity contribution < 1.29 is 4.79 Å². The van der Waals surface area contributed by atoms with Crippen LogP contribution in [-0.2, 0) is 26.3 Å². The molecule has 4 nitrogen and oxygen atoms in total. The fourth-order valence-electron chi connectivity index (χ4n) is 4.50. The first kappa shape index (κ1) is 15.6. The van der Waals surface area contributed by atoms with Crippen molar-refractivity contribution in [2.24, 2.45) is 13.0 Å². The molecular weight excluding hydrogens is 322 g/mol. The van der Waals surface area contributed by atoms with E-state index in [-0.39, 0.29) is 5.91 Å². The Labute approximate surface area is 153 Å². The molecule has 0 radical (unpaired) electrons. The molecule has 0 spiro atoms. The van der Waals surface area contributed by atoms with Crippen LogP contribution in [0.25, 0.3) is 10.9 Å². The highest BCUT2D eigenvalue weighted by molar-refractivity contribution is 5.95. The second-order valence-corrected chi connectivity index (χ2v) is 7.74. The molecule has 0 bridgehead atoms. The minimum absolute atomic E-state index is 0.181. The molecule has 2 aromatic heterocycles. The first-order chi connectivity index (χ1) is 12.7. The molecule has 4 heteroatoms. The van der Waals surface area contributed by atoms with Crippen LogP contribution in [0.1, 0.15) is 33.6 Å². The summed E-state index contributed by atoms with van der Waals surface area (Å²) in [4.78, 5) is 19.3. The van der Waals surface area contributed by atoms with Crippen molar-refractivity contribution in [2.75, 3.05) is 13.1 Å². The Bertz CT molecular complexity index is 998. The Hall–Kier alpha value is -2.62. The van der Waals surface area contributed by atoms with Crippen molar-refractivity contribution in [3.05, 3.63) is 65.1 Å². The molecule has 1 aromatic carbocycles. The van der Waals surface area contributed by atoms with E-state index in [2.05, 4.69) is 47.1 Å². The minimum Gasteiger partial charge on any atom is -0.349 e. The number of nitrogens with zero attached hydrogens (tertiary/aromatic N) is 3. The second kappa shape index (κ2) is 5.97. The third kappa shape index (κ3) is 2.52. The predicted molar refractivity (Wildman–Crippen MR) is 102 cm³/mol. The van der Waals surface area contributed by atoms with E-state index in [1.165, 1.54) is 28.5 Å². The summed E-state index contributed by atoms with van der Waals surface area (Å²) in [5.41, 5.74) is 6.00. The summed E-state index contributed by atoms with van der Waals surface area (Å²) < 4.78 is 2.14.